The monoisotopic (exact) mass is 446 g/mol. The lowest BCUT2D eigenvalue weighted by Gasteiger charge is -2.03. The van der Waals surface area contributed by atoms with Crippen LogP contribution in [0.4, 0.5) is 0 Å². The Morgan fingerprint density at radius 2 is 1.87 bits per heavy atom. The largest absolute Gasteiger partial charge is 0.514 e. The third kappa shape index (κ3) is 7.12. The van der Waals surface area contributed by atoms with Gasteiger partial charge < -0.3 is 0 Å². The zero-order chi connectivity index (χ0) is 17.6. The van der Waals surface area contributed by atoms with Crippen molar-refractivity contribution < 1.29 is 22.3 Å². The van der Waals surface area contributed by atoms with Gasteiger partial charge in [0.15, 0.2) is 13.3 Å². The van der Waals surface area contributed by atoms with Gasteiger partial charge in [0.1, 0.15) is 0 Å². The molecular weight excluding hydrogens is 433 g/mol. The fourth-order valence-electron chi connectivity index (χ4n) is 1.46. The molecule has 0 amide bonds. The average molecular weight is 447 g/mol. The van der Waals surface area contributed by atoms with Gasteiger partial charge in [-0.15, -0.1) is 0 Å². The van der Waals surface area contributed by atoms with Crippen LogP contribution >= 0.6 is 39.6 Å². The minimum atomic E-state index is -3.88. The summed E-state index contributed by atoms with van der Waals surface area (Å²) in [4.78, 5) is 24.9. The summed E-state index contributed by atoms with van der Waals surface area (Å²) in [5.41, 5.74) is -1.12. The Kier molecular flexibility index (Phi) is 7.87. The van der Waals surface area contributed by atoms with Gasteiger partial charge in [0.05, 0.1) is 4.47 Å². The minimum Gasteiger partial charge on any atom is -0.299 e. The van der Waals surface area contributed by atoms with Gasteiger partial charge in [-0.2, -0.15) is 0 Å². The van der Waals surface area contributed by atoms with Crippen LogP contribution in [0.15, 0.2) is 32.2 Å². The number of aryl methyl sites for hydroxylation is 1. The quantitative estimate of drug-likeness (QED) is 0.607. The highest BCUT2D eigenvalue weighted by atomic mass is 79.9. The van der Waals surface area contributed by atoms with Crippen LogP contribution < -0.4 is 11.2 Å². The molecule has 0 aliphatic heterocycles. The summed E-state index contributed by atoms with van der Waals surface area (Å²) in [5.74, 6) is 1.05. The molecule has 0 fully saturated rings. The number of H-pyrrole nitrogens is 1. The first kappa shape index (κ1) is 20.3. The third-order valence-electron chi connectivity index (χ3n) is 2.25. The van der Waals surface area contributed by atoms with E-state index >= 15 is 0 Å². The number of halogens is 1. The first-order chi connectivity index (χ1) is 10.6. The van der Waals surface area contributed by atoms with Crippen molar-refractivity contribution in [1.29, 1.82) is 0 Å². The second-order valence-electron chi connectivity index (χ2n) is 4.19. The molecule has 23 heavy (non-hydrogen) atoms. The van der Waals surface area contributed by atoms with Crippen molar-refractivity contribution in [3.05, 3.63) is 43.4 Å². The molecule has 0 aromatic carbocycles. The maximum Gasteiger partial charge on any atom is 0.514 e. The molecule has 0 bridgehead atoms. The van der Waals surface area contributed by atoms with Crippen LogP contribution in [0, 0.1) is 0 Å². The van der Waals surface area contributed by atoms with Gasteiger partial charge in [-0.25, -0.2) is 9.36 Å². The Bertz CT molecular complexity index is 780. The van der Waals surface area contributed by atoms with Crippen molar-refractivity contribution in [2.45, 2.75) is 13.0 Å². The lowest BCUT2D eigenvalue weighted by atomic mass is 10.4. The molecule has 0 aliphatic carbocycles. The Hall–Kier alpha value is -0.750. The fourth-order valence-corrected chi connectivity index (χ4v) is 5.60. The molecule has 1 N–H and O–H groups in total. The van der Waals surface area contributed by atoms with Gasteiger partial charge >= 0.3 is 29.3 Å². The third-order valence-corrected chi connectivity index (χ3v) is 7.05. The van der Waals surface area contributed by atoms with Crippen molar-refractivity contribution in [3.8, 4) is 0 Å². The smallest absolute Gasteiger partial charge is 0.299 e. The molecule has 0 saturated heterocycles. The average Bonchev–Trinajstić information content (AvgIpc) is 2.38. The summed E-state index contributed by atoms with van der Waals surface area (Å²) < 4.78 is 45.2. The summed E-state index contributed by atoms with van der Waals surface area (Å²) in [6.45, 7) is 2.57. The van der Waals surface area contributed by atoms with Crippen molar-refractivity contribution >= 4 is 39.6 Å². The highest BCUT2D eigenvalue weighted by Crippen LogP contribution is 2.60. The van der Waals surface area contributed by atoms with Gasteiger partial charge in [-0.3, -0.25) is 14.3 Å². The number of hydrogen-bond acceptors (Lipinski definition) is 7. The minimum absolute atomic E-state index is 0.182. The molecule has 0 spiro atoms. The Balaban J connectivity index is 2.80. The second kappa shape index (κ2) is 8.92. The Morgan fingerprint density at radius 3 is 2.39 bits per heavy atom. The number of nitrogens with zero attached hydrogens (tertiary/aromatic N) is 1. The Labute approximate surface area is 141 Å². The molecular formula is C10H14BrN2O7P3+2. The highest BCUT2D eigenvalue weighted by molar-refractivity contribution is 9.10. The van der Waals surface area contributed by atoms with Crippen LogP contribution in [0.5, 0.6) is 0 Å². The summed E-state index contributed by atoms with van der Waals surface area (Å²) in [6.07, 6.45) is 2.97. The van der Waals surface area contributed by atoms with Gasteiger partial charge in [0.25, 0.3) is 5.56 Å². The van der Waals surface area contributed by atoms with Crippen LogP contribution in [-0.4, -0.2) is 22.9 Å². The molecule has 1 heterocycles. The van der Waals surface area contributed by atoms with Crippen LogP contribution in [-0.2, 0) is 28.9 Å². The molecule has 2 unspecified atom stereocenters. The summed E-state index contributed by atoms with van der Waals surface area (Å²) >= 11 is 3.00. The van der Waals surface area contributed by atoms with E-state index in [9.17, 15) is 23.3 Å². The molecule has 1 aromatic heterocycles. The van der Waals surface area contributed by atoms with Crippen LogP contribution in [0.3, 0.4) is 0 Å². The number of allylic oxidation sites excluding steroid dienone is 1. The molecule has 1 aromatic rings. The first-order valence-electron chi connectivity index (χ1n) is 6.11. The molecule has 13 heteroatoms. The highest BCUT2D eigenvalue weighted by Gasteiger charge is 2.38. The number of aromatic nitrogens is 2. The number of aromatic amines is 1. The van der Waals surface area contributed by atoms with E-state index in [2.05, 4.69) is 20.9 Å². The maximum absolute atomic E-state index is 12.2. The molecule has 2 atom stereocenters. The number of rotatable bonds is 8. The van der Waals surface area contributed by atoms with Crippen molar-refractivity contribution in [2.24, 2.45) is 0 Å². The standard InChI is InChI=1S/C10H13BrN2O7P3/c1-21(16)19-23(18,20-22(2)17)6-4-3-5-13-7-8(11)9(14)12-10(13)15/h4,6-7H,3,5H2,1-2H3/q+1/p+1/b6-4+. The van der Waals surface area contributed by atoms with E-state index in [1.54, 1.807) is 0 Å². The van der Waals surface area contributed by atoms with Crippen molar-refractivity contribution in [1.82, 2.24) is 9.55 Å². The van der Waals surface area contributed by atoms with Crippen LogP contribution in [0.1, 0.15) is 6.42 Å². The first-order valence-corrected chi connectivity index (χ1v) is 11.8. The van der Waals surface area contributed by atoms with E-state index in [0.29, 0.717) is 0 Å². The number of nitrogens with one attached hydrogen (secondary N) is 1. The van der Waals surface area contributed by atoms with E-state index in [1.807, 2.05) is 0 Å². The van der Waals surface area contributed by atoms with Crippen LogP contribution in [0.25, 0.3) is 0 Å². The normalized spacial score (nSPS) is 15.4. The maximum atomic E-state index is 12.2. The lowest BCUT2D eigenvalue weighted by Crippen LogP contribution is -2.29. The van der Waals surface area contributed by atoms with E-state index in [-0.39, 0.29) is 17.4 Å². The molecule has 9 nitrogen and oxygen atoms in total. The van der Waals surface area contributed by atoms with Gasteiger partial charge in [-0.1, -0.05) is 6.08 Å². The lowest BCUT2D eigenvalue weighted by molar-refractivity contribution is 0.405. The van der Waals surface area contributed by atoms with E-state index in [4.69, 9.17) is 8.62 Å². The zero-order valence-corrected chi connectivity index (χ0v) is 16.4. The molecule has 0 saturated carbocycles. The zero-order valence-electron chi connectivity index (χ0n) is 12.2. The van der Waals surface area contributed by atoms with Crippen LogP contribution in [0.2, 0.25) is 0 Å². The fraction of sp³-hybridized carbons (Fsp3) is 0.400. The van der Waals surface area contributed by atoms with Gasteiger partial charge in [0.2, 0.25) is 0 Å². The summed E-state index contributed by atoms with van der Waals surface area (Å²) in [7, 11) is -8.32. The molecule has 1 rings (SSSR count). The SMILES string of the molecule is C[P+](=O)OP(=O)(/C=C/CCn1cc(Br)c(=O)[nH]c1=O)O[P+](C)=O. The topological polar surface area (TPSA) is 125 Å². The van der Waals surface area contributed by atoms with E-state index in [0.717, 1.165) is 5.82 Å². The van der Waals surface area contributed by atoms with E-state index < -0.39 is 34.9 Å². The Morgan fingerprint density at radius 1 is 1.30 bits per heavy atom. The second-order valence-corrected chi connectivity index (χ2v) is 9.48. The predicted molar refractivity (Wildman–Crippen MR) is 89.6 cm³/mol. The number of hydrogen-bond donors (Lipinski definition) is 1. The summed E-state index contributed by atoms with van der Waals surface area (Å²) in [5, 5.41) is 0. The van der Waals surface area contributed by atoms with E-state index in [1.165, 1.54) is 30.2 Å². The van der Waals surface area contributed by atoms with Crippen molar-refractivity contribution in [3.63, 3.8) is 0 Å². The molecule has 0 aliphatic rings. The van der Waals surface area contributed by atoms with Crippen molar-refractivity contribution in [2.75, 3.05) is 13.3 Å². The molecule has 0 radical (unpaired) electrons. The molecule has 126 valence electrons. The van der Waals surface area contributed by atoms with Gasteiger partial charge in [0, 0.05) is 18.6 Å². The predicted octanol–water partition coefficient (Wildman–Crippen LogP) is 3.17. The van der Waals surface area contributed by atoms with Gasteiger partial charge in [-0.05, 0) is 40.1 Å². The summed E-state index contributed by atoms with van der Waals surface area (Å²) in [6, 6.07) is 0.